The summed E-state index contributed by atoms with van der Waals surface area (Å²) in [5, 5.41) is 8.37. The van der Waals surface area contributed by atoms with E-state index in [-0.39, 0.29) is 36.6 Å². The van der Waals surface area contributed by atoms with Crippen molar-refractivity contribution in [2.75, 3.05) is 13.7 Å². The minimum Gasteiger partial charge on any atom is -0.490 e. The highest BCUT2D eigenvalue weighted by Gasteiger charge is 2.33. The number of benzene rings is 1. The molecule has 11 heteroatoms. The van der Waals surface area contributed by atoms with Crippen molar-refractivity contribution in [3.05, 3.63) is 46.1 Å². The van der Waals surface area contributed by atoms with Gasteiger partial charge in [-0.1, -0.05) is 12.1 Å². The van der Waals surface area contributed by atoms with Crippen molar-refractivity contribution in [1.82, 2.24) is 15.6 Å². The number of hydrogen-bond donors (Lipinski definition) is 2. The van der Waals surface area contributed by atoms with Crippen molar-refractivity contribution in [2.45, 2.75) is 32.6 Å². The van der Waals surface area contributed by atoms with E-state index in [2.05, 4.69) is 20.6 Å². The number of halogens is 4. The number of guanidine groups is 1. The quantitative estimate of drug-likeness (QED) is 0.244. The number of nitrogens with zero attached hydrogens (tertiary/aromatic N) is 2. The lowest BCUT2D eigenvalue weighted by Gasteiger charge is -2.15. The molecule has 6 nitrogen and oxygen atoms in total. The second-order valence-corrected chi connectivity index (χ2v) is 7.11. The zero-order valence-corrected chi connectivity index (χ0v) is 19.7. The van der Waals surface area contributed by atoms with E-state index in [1.54, 1.807) is 7.05 Å². The molecule has 2 heterocycles. The van der Waals surface area contributed by atoms with E-state index in [4.69, 9.17) is 9.15 Å². The van der Waals surface area contributed by atoms with Gasteiger partial charge < -0.3 is 19.8 Å². The number of para-hydroxylation sites is 1. The fraction of sp³-hybridized carbons (Fsp3) is 0.368. The topological polar surface area (TPSA) is 71.7 Å². The van der Waals surface area contributed by atoms with Crippen molar-refractivity contribution in [2.24, 2.45) is 4.99 Å². The molecule has 2 aromatic heterocycles. The molecule has 3 rings (SSSR count). The highest BCUT2D eigenvalue weighted by molar-refractivity contribution is 14.0. The molecule has 164 valence electrons. The predicted octanol–water partition coefficient (Wildman–Crippen LogP) is 5.35. The molecule has 0 aliphatic rings. The van der Waals surface area contributed by atoms with Gasteiger partial charge in [0.05, 0.1) is 19.2 Å². The molecule has 0 saturated carbocycles. The minimum atomic E-state index is -4.44. The SMILES string of the molecule is CCOc1cccc2cc(C(C)NC(=NC)NCc3nc(C(F)(F)F)cs3)oc12.I. The van der Waals surface area contributed by atoms with Gasteiger partial charge in [0.1, 0.15) is 10.8 Å². The molecule has 1 unspecified atom stereocenters. The number of aromatic nitrogens is 1. The minimum absolute atomic E-state index is 0. The van der Waals surface area contributed by atoms with E-state index in [9.17, 15) is 13.2 Å². The van der Waals surface area contributed by atoms with Crippen LogP contribution >= 0.6 is 35.3 Å². The number of rotatable bonds is 6. The average molecular weight is 554 g/mol. The molecule has 0 bridgehead atoms. The van der Waals surface area contributed by atoms with Crippen LogP contribution in [-0.4, -0.2) is 24.6 Å². The lowest BCUT2D eigenvalue weighted by Crippen LogP contribution is -2.38. The van der Waals surface area contributed by atoms with Crippen molar-refractivity contribution in [3.63, 3.8) is 0 Å². The van der Waals surface area contributed by atoms with Crippen LogP contribution in [0.25, 0.3) is 11.0 Å². The van der Waals surface area contributed by atoms with Crippen molar-refractivity contribution in [1.29, 1.82) is 0 Å². The summed E-state index contributed by atoms with van der Waals surface area (Å²) >= 11 is 0.945. The van der Waals surface area contributed by atoms with Crippen LogP contribution in [0.15, 0.2) is 39.1 Å². The fourth-order valence-corrected chi connectivity index (χ4v) is 3.43. The van der Waals surface area contributed by atoms with Crippen LogP contribution in [0.3, 0.4) is 0 Å². The van der Waals surface area contributed by atoms with E-state index in [0.29, 0.717) is 34.7 Å². The Morgan fingerprint density at radius 1 is 1.37 bits per heavy atom. The Morgan fingerprint density at radius 3 is 2.77 bits per heavy atom. The van der Waals surface area contributed by atoms with Gasteiger partial charge in [0.25, 0.3) is 0 Å². The van der Waals surface area contributed by atoms with Crippen LogP contribution in [0.2, 0.25) is 0 Å². The van der Waals surface area contributed by atoms with Gasteiger partial charge in [-0.05, 0) is 26.0 Å². The normalized spacial score (nSPS) is 13.1. The number of hydrogen-bond acceptors (Lipinski definition) is 5. The van der Waals surface area contributed by atoms with E-state index in [1.165, 1.54) is 0 Å². The molecule has 0 amide bonds. The van der Waals surface area contributed by atoms with Crippen LogP contribution in [0.5, 0.6) is 5.75 Å². The Labute approximate surface area is 192 Å². The third kappa shape index (κ3) is 5.78. The Hall–Kier alpha value is -2.02. The molecule has 1 aromatic carbocycles. The summed E-state index contributed by atoms with van der Waals surface area (Å²) in [5.41, 5.74) is -0.216. The predicted molar refractivity (Wildman–Crippen MR) is 122 cm³/mol. The molecule has 2 N–H and O–H groups in total. The van der Waals surface area contributed by atoms with Gasteiger partial charge in [0.15, 0.2) is 23.0 Å². The van der Waals surface area contributed by atoms with Gasteiger partial charge in [0, 0.05) is 17.8 Å². The smallest absolute Gasteiger partial charge is 0.434 e. The fourth-order valence-electron chi connectivity index (χ4n) is 2.69. The van der Waals surface area contributed by atoms with Crippen molar-refractivity contribution >= 4 is 52.2 Å². The number of nitrogens with one attached hydrogen (secondary N) is 2. The van der Waals surface area contributed by atoms with Gasteiger partial charge in [-0.3, -0.25) is 4.99 Å². The Bertz CT molecular complexity index is 1000. The summed E-state index contributed by atoms with van der Waals surface area (Å²) in [6, 6.07) is 7.37. The van der Waals surface area contributed by atoms with E-state index >= 15 is 0 Å². The first-order valence-corrected chi connectivity index (χ1v) is 9.83. The molecule has 3 aromatic rings. The monoisotopic (exact) mass is 554 g/mol. The van der Waals surface area contributed by atoms with Gasteiger partial charge in [0.2, 0.25) is 0 Å². The van der Waals surface area contributed by atoms with Crippen molar-refractivity contribution in [3.8, 4) is 5.75 Å². The zero-order valence-electron chi connectivity index (χ0n) is 16.5. The molecular weight excluding hydrogens is 532 g/mol. The Balaban J connectivity index is 0.00000320. The summed E-state index contributed by atoms with van der Waals surface area (Å²) < 4.78 is 49.5. The second kappa shape index (κ2) is 10.3. The molecule has 0 saturated heterocycles. The van der Waals surface area contributed by atoms with Crippen LogP contribution in [0, 0.1) is 0 Å². The molecule has 0 aliphatic heterocycles. The van der Waals surface area contributed by atoms with E-state index < -0.39 is 11.9 Å². The first-order chi connectivity index (χ1) is 13.8. The van der Waals surface area contributed by atoms with Crippen LogP contribution < -0.4 is 15.4 Å². The summed E-state index contributed by atoms with van der Waals surface area (Å²) in [6.07, 6.45) is -4.44. The van der Waals surface area contributed by atoms with Gasteiger partial charge in [-0.25, -0.2) is 4.98 Å². The number of fused-ring (bicyclic) bond motifs is 1. The molecule has 0 aliphatic carbocycles. The number of thiazole rings is 1. The maximum atomic E-state index is 12.7. The van der Waals surface area contributed by atoms with Crippen LogP contribution in [-0.2, 0) is 12.7 Å². The summed E-state index contributed by atoms with van der Waals surface area (Å²) in [7, 11) is 1.58. The van der Waals surface area contributed by atoms with Gasteiger partial charge >= 0.3 is 6.18 Å². The Morgan fingerprint density at radius 2 is 2.13 bits per heavy atom. The van der Waals surface area contributed by atoms with Gasteiger partial charge in [-0.2, -0.15) is 13.2 Å². The molecule has 0 radical (unpaired) electrons. The standard InChI is InChI=1S/C19H21F3N4O2S.HI/c1-4-27-13-7-5-6-12-8-14(28-17(12)13)11(2)25-18(23-3)24-9-16-26-15(10-29-16)19(20,21)22;/h5-8,10-11H,4,9H2,1-3H3,(H2,23,24,25);1H. The first-order valence-electron chi connectivity index (χ1n) is 8.95. The Kier molecular flexibility index (Phi) is 8.35. The third-order valence-corrected chi connectivity index (χ3v) is 4.93. The van der Waals surface area contributed by atoms with E-state index in [1.807, 2.05) is 38.1 Å². The highest BCUT2D eigenvalue weighted by atomic mass is 127. The zero-order chi connectivity index (χ0) is 21.0. The van der Waals surface area contributed by atoms with Crippen LogP contribution in [0.1, 0.15) is 36.4 Å². The maximum absolute atomic E-state index is 12.7. The largest absolute Gasteiger partial charge is 0.490 e. The number of aliphatic imine (C=N–C) groups is 1. The lowest BCUT2D eigenvalue weighted by molar-refractivity contribution is -0.140. The van der Waals surface area contributed by atoms with E-state index in [0.717, 1.165) is 22.1 Å². The summed E-state index contributed by atoms with van der Waals surface area (Å²) in [6.45, 7) is 4.47. The second-order valence-electron chi connectivity index (χ2n) is 6.17. The lowest BCUT2D eigenvalue weighted by atomic mass is 10.2. The van der Waals surface area contributed by atoms with Crippen molar-refractivity contribution < 1.29 is 22.3 Å². The number of alkyl halides is 3. The summed E-state index contributed by atoms with van der Waals surface area (Å²) in [5.74, 6) is 1.78. The summed E-state index contributed by atoms with van der Waals surface area (Å²) in [4.78, 5) is 7.70. The molecule has 0 fully saturated rings. The molecule has 30 heavy (non-hydrogen) atoms. The molecular formula is C19H22F3IN4O2S. The number of ether oxygens (including phenoxy) is 1. The highest BCUT2D eigenvalue weighted by Crippen LogP contribution is 2.31. The van der Waals surface area contributed by atoms with Gasteiger partial charge in [-0.15, -0.1) is 35.3 Å². The number of furan rings is 1. The van der Waals surface area contributed by atoms with Crippen LogP contribution in [0.4, 0.5) is 13.2 Å². The molecule has 0 spiro atoms. The maximum Gasteiger partial charge on any atom is 0.434 e. The first kappa shape index (κ1) is 24.3. The third-order valence-electron chi connectivity index (χ3n) is 4.08. The average Bonchev–Trinajstić information content (AvgIpc) is 3.32. The molecule has 1 atom stereocenters.